The summed E-state index contributed by atoms with van der Waals surface area (Å²) in [7, 11) is 0. The van der Waals surface area contributed by atoms with E-state index in [1.165, 1.54) is 0 Å². The van der Waals surface area contributed by atoms with Crippen molar-refractivity contribution in [3.8, 4) is 0 Å². The first-order valence-corrected chi connectivity index (χ1v) is 0. The molecular weight excluding hydrogens is 485 g/mol. The van der Waals surface area contributed by atoms with Gasteiger partial charge in [-0.3, -0.25) is 0 Å². The third kappa shape index (κ3) is 18.6. The van der Waals surface area contributed by atoms with Gasteiger partial charge < -0.3 is 2.85 Å². The molecule has 0 heterocycles. The van der Waals surface area contributed by atoms with E-state index >= 15 is 0 Å². The Bertz CT molecular complexity index is 17.7. The molecule has 5 heteroatoms. The van der Waals surface area contributed by atoms with E-state index in [1.54, 1.807) is 0 Å². The molecule has 0 nitrogen and oxygen atoms in total. The molecule has 0 atom stereocenters. The van der Waals surface area contributed by atoms with Crippen LogP contribution >= 0.6 is 0 Å². The van der Waals surface area contributed by atoms with Crippen molar-refractivity contribution in [2.24, 2.45) is 0 Å². The van der Waals surface area contributed by atoms with Gasteiger partial charge in [-0.15, -0.1) is 0 Å². The summed E-state index contributed by atoms with van der Waals surface area (Å²) in [5, 5.41) is 0. The maximum atomic E-state index is 0. The fourth-order valence-electron chi connectivity index (χ4n) is 0. The van der Waals surface area contributed by atoms with Gasteiger partial charge in [0.1, 0.15) is 0 Å². The molecule has 0 aliphatic carbocycles. The van der Waals surface area contributed by atoms with Crippen molar-refractivity contribution in [2.75, 3.05) is 0 Å². The SMILES string of the molecule is [Ca+2].[Cr].[H-].[H-].[SiH3].[Ta].[W]. The van der Waals surface area contributed by atoms with Crippen LogP contribution in [-0.4, -0.2) is 48.7 Å². The van der Waals surface area contributed by atoms with Crippen molar-refractivity contribution < 1.29 is 63.7 Å². The molecule has 0 N–H and O–H groups in total. The van der Waals surface area contributed by atoms with Gasteiger partial charge in [0.25, 0.3) is 0 Å². The van der Waals surface area contributed by atoms with Gasteiger partial charge in [-0.1, -0.05) is 0 Å². The Morgan fingerprint density at radius 2 is 1.20 bits per heavy atom. The van der Waals surface area contributed by atoms with Gasteiger partial charge >= 0.3 is 37.7 Å². The molecule has 0 unspecified atom stereocenters. The van der Waals surface area contributed by atoms with Crippen LogP contribution < -0.4 is 0 Å². The Balaban J connectivity index is 0. The fraction of sp³-hybridized carbons (Fsp3) is 0. The standard InChI is InChI=1S/Ca.Cr.H3Si.Ta.W.2H/h;;1H3;;;;/q+2;;;;;2*-1. The Kier molecular flexibility index (Phi) is 206. The Labute approximate surface area is 110 Å². The van der Waals surface area contributed by atoms with E-state index in [-0.39, 0.29) is 112 Å². The van der Waals surface area contributed by atoms with E-state index in [9.17, 15) is 0 Å². The van der Waals surface area contributed by atoms with Crippen molar-refractivity contribution in [3.05, 3.63) is 0 Å². The van der Waals surface area contributed by atoms with E-state index in [2.05, 4.69) is 0 Å². The second-order valence-electron chi connectivity index (χ2n) is 0. The molecule has 5 heavy (non-hydrogen) atoms. The smallest absolute Gasteiger partial charge is 1.00 e. The minimum absolute atomic E-state index is 0. The molecule has 2 radical (unpaired) electrons. The first-order chi connectivity index (χ1) is 0. The molecule has 0 rings (SSSR count). The summed E-state index contributed by atoms with van der Waals surface area (Å²) in [6, 6.07) is 0. The van der Waals surface area contributed by atoms with Gasteiger partial charge in [0.2, 0.25) is 0 Å². The van der Waals surface area contributed by atoms with Crippen molar-refractivity contribution in [1.29, 1.82) is 0 Å². The van der Waals surface area contributed by atoms with E-state index in [0.29, 0.717) is 0 Å². The second-order valence-corrected chi connectivity index (χ2v) is 0. The van der Waals surface area contributed by atoms with Gasteiger partial charge in [0.15, 0.2) is 0 Å². The number of hydrogen-bond acceptors (Lipinski definition) is 0. The van der Waals surface area contributed by atoms with E-state index in [0.717, 1.165) is 0 Å². The zero-order chi connectivity index (χ0) is 0. The quantitative estimate of drug-likeness (QED) is 0.369. The molecule has 0 bridgehead atoms. The molecule has 0 saturated carbocycles. The third-order valence-corrected chi connectivity index (χ3v) is 0. The van der Waals surface area contributed by atoms with Crippen molar-refractivity contribution in [2.45, 2.75) is 0 Å². The van der Waals surface area contributed by atoms with Crippen LogP contribution in [0.2, 0.25) is 0 Å². The maximum Gasteiger partial charge on any atom is 2.00 e. The average Bonchev–Trinajstić information content (AvgIpc) is 0. The van der Waals surface area contributed by atoms with Crippen molar-refractivity contribution in [3.63, 3.8) is 0 Å². The summed E-state index contributed by atoms with van der Waals surface area (Å²) in [6.45, 7) is 0. The van der Waals surface area contributed by atoms with Crippen LogP contribution in [0, 0.1) is 0 Å². The molecule has 28 valence electrons. The van der Waals surface area contributed by atoms with Crippen molar-refractivity contribution in [1.82, 2.24) is 0 Å². The van der Waals surface area contributed by atoms with Crippen LogP contribution in [0.5, 0.6) is 0 Å². The summed E-state index contributed by atoms with van der Waals surface area (Å²) in [6.07, 6.45) is 0. The molecule has 0 aliphatic heterocycles. The largest absolute Gasteiger partial charge is 2.00 e. The second kappa shape index (κ2) is 26.1. The fourth-order valence-corrected chi connectivity index (χ4v) is 0. The molecule has 0 fully saturated rings. The Hall–Kier alpha value is 3.44. The minimum atomic E-state index is 0. The molecular formula is H5CaCrSiTaW. The number of hydrogen-bond donors (Lipinski definition) is 0. The zero-order valence-electron chi connectivity index (χ0n) is 4.97. The predicted molar refractivity (Wildman–Crippen MR) is 17.9 cm³/mol. The normalized spacial score (nSPS) is 0. The molecule has 0 amide bonds. The predicted octanol–water partition coefficient (Wildman–Crippen LogP) is -1.35. The van der Waals surface area contributed by atoms with E-state index in [4.69, 9.17) is 0 Å². The first kappa shape index (κ1) is 39.5. The Morgan fingerprint density at radius 3 is 1.20 bits per heavy atom. The summed E-state index contributed by atoms with van der Waals surface area (Å²) in [5.74, 6) is 0. The zero-order valence-corrected chi connectivity index (χ0v) is 14.6. The van der Waals surface area contributed by atoms with Crippen LogP contribution in [0.25, 0.3) is 0 Å². The van der Waals surface area contributed by atoms with Gasteiger partial charge in [-0.25, -0.2) is 0 Å². The first-order valence-electron chi connectivity index (χ1n) is 0. The number of rotatable bonds is 0. The third-order valence-electron chi connectivity index (χ3n) is 0. The monoisotopic (exact) mass is 490 g/mol. The maximum absolute atomic E-state index is 0. The van der Waals surface area contributed by atoms with Gasteiger partial charge in [-0.05, 0) is 11.0 Å². The van der Waals surface area contributed by atoms with Gasteiger partial charge in [-0.2, -0.15) is 0 Å². The summed E-state index contributed by atoms with van der Waals surface area (Å²) in [4.78, 5) is 0. The van der Waals surface area contributed by atoms with Crippen LogP contribution in [0.3, 0.4) is 0 Å². The summed E-state index contributed by atoms with van der Waals surface area (Å²) >= 11 is 0. The van der Waals surface area contributed by atoms with Crippen molar-refractivity contribution >= 4 is 48.7 Å². The summed E-state index contributed by atoms with van der Waals surface area (Å²) in [5.41, 5.74) is 0. The molecule has 0 aromatic carbocycles. The summed E-state index contributed by atoms with van der Waals surface area (Å²) < 4.78 is 0. The van der Waals surface area contributed by atoms with E-state index in [1.807, 2.05) is 0 Å². The van der Waals surface area contributed by atoms with Gasteiger partial charge in [0, 0.05) is 60.8 Å². The Morgan fingerprint density at radius 1 is 1.20 bits per heavy atom. The minimum Gasteiger partial charge on any atom is -1.00 e. The molecule has 0 aromatic heterocycles. The molecule has 0 aliphatic rings. The van der Waals surface area contributed by atoms with E-state index < -0.39 is 0 Å². The topological polar surface area (TPSA) is 0 Å². The molecule has 0 aromatic rings. The van der Waals surface area contributed by atoms with Crippen LogP contribution in [0.4, 0.5) is 0 Å². The van der Waals surface area contributed by atoms with Crippen LogP contribution in [-0.2, 0) is 60.8 Å². The van der Waals surface area contributed by atoms with Gasteiger partial charge in [0.05, 0.1) is 0 Å². The molecule has 0 spiro atoms. The van der Waals surface area contributed by atoms with Crippen LogP contribution in [0.1, 0.15) is 2.85 Å². The average molecular weight is 490 g/mol. The molecule has 0 saturated heterocycles. The van der Waals surface area contributed by atoms with Crippen LogP contribution in [0.15, 0.2) is 0 Å².